The molecule has 23 heavy (non-hydrogen) atoms. The second-order valence-electron chi connectivity index (χ2n) is 4.70. The second-order valence-corrected chi connectivity index (χ2v) is 4.70. The zero-order chi connectivity index (χ0) is 15.5. The minimum absolute atomic E-state index is 0. The van der Waals surface area contributed by atoms with Crippen molar-refractivity contribution in [2.45, 2.75) is 0 Å². The highest BCUT2D eigenvalue weighted by Gasteiger charge is 2.11. The van der Waals surface area contributed by atoms with Gasteiger partial charge in [-0.1, -0.05) is 0 Å². The van der Waals surface area contributed by atoms with Crippen LogP contribution in [0.4, 0.5) is 5.69 Å². The lowest BCUT2D eigenvalue weighted by Crippen LogP contribution is -1.93. The van der Waals surface area contributed by atoms with Gasteiger partial charge in [0, 0.05) is 23.3 Å². The van der Waals surface area contributed by atoms with Crippen molar-refractivity contribution in [3.63, 3.8) is 0 Å². The largest absolute Gasteiger partial charge is 0.493 e. The van der Waals surface area contributed by atoms with Crippen LogP contribution in [-0.4, -0.2) is 19.2 Å². The van der Waals surface area contributed by atoms with E-state index in [1.807, 2.05) is 30.3 Å². The fraction of sp³-hybridized carbons (Fsp3) is 0.118. The normalized spacial score (nSPS) is 10.0. The molecule has 0 unspecified atom stereocenters. The number of nitrogen functional groups attached to an aromatic ring is 1. The van der Waals surface area contributed by atoms with Crippen LogP contribution in [-0.2, 0) is 0 Å². The van der Waals surface area contributed by atoms with Crippen LogP contribution in [0.15, 0.2) is 48.7 Å². The number of hydrogen-bond donors (Lipinski definition) is 1. The Morgan fingerprint density at radius 3 is 2.17 bits per heavy atom. The van der Waals surface area contributed by atoms with Crippen molar-refractivity contribution in [1.82, 2.24) is 4.98 Å². The molecule has 0 aliphatic carbocycles. The number of aromatic nitrogens is 1. The van der Waals surface area contributed by atoms with Gasteiger partial charge in [0.05, 0.1) is 19.7 Å². The molecule has 1 heterocycles. The molecular weight excluding hydrogens is 316 g/mol. The van der Waals surface area contributed by atoms with E-state index in [9.17, 15) is 0 Å². The Morgan fingerprint density at radius 2 is 1.52 bits per heavy atom. The molecule has 0 spiro atoms. The molecule has 3 rings (SSSR count). The van der Waals surface area contributed by atoms with E-state index in [-0.39, 0.29) is 12.4 Å². The minimum atomic E-state index is 0. The Balaban J connectivity index is 0.00000192. The van der Waals surface area contributed by atoms with Crippen LogP contribution >= 0.6 is 12.4 Å². The Morgan fingerprint density at radius 1 is 0.870 bits per heavy atom. The number of fused-ring (bicyclic) bond motifs is 1. The SMILES string of the molecule is COc1cc2nccc(Oc3ccc(N)cc3)c2cc1OC.Cl. The summed E-state index contributed by atoms with van der Waals surface area (Å²) in [4.78, 5) is 4.35. The molecule has 3 aromatic rings. The maximum Gasteiger partial charge on any atom is 0.162 e. The Hall–Kier alpha value is -2.66. The first-order valence-corrected chi connectivity index (χ1v) is 6.75. The second kappa shape index (κ2) is 7.07. The summed E-state index contributed by atoms with van der Waals surface area (Å²) in [5, 5.41) is 0.844. The molecule has 0 fully saturated rings. The number of halogens is 1. The van der Waals surface area contributed by atoms with Crippen molar-refractivity contribution in [2.75, 3.05) is 20.0 Å². The van der Waals surface area contributed by atoms with Gasteiger partial charge in [0.25, 0.3) is 0 Å². The van der Waals surface area contributed by atoms with Crippen molar-refractivity contribution >= 4 is 29.0 Å². The van der Waals surface area contributed by atoms with Crippen molar-refractivity contribution in [2.24, 2.45) is 0 Å². The van der Waals surface area contributed by atoms with Crippen molar-refractivity contribution < 1.29 is 14.2 Å². The van der Waals surface area contributed by atoms with E-state index in [1.54, 1.807) is 32.5 Å². The van der Waals surface area contributed by atoms with E-state index < -0.39 is 0 Å². The van der Waals surface area contributed by atoms with Crippen LogP contribution < -0.4 is 19.9 Å². The highest BCUT2D eigenvalue weighted by atomic mass is 35.5. The van der Waals surface area contributed by atoms with Gasteiger partial charge in [-0.05, 0) is 36.4 Å². The molecule has 0 atom stereocenters. The molecule has 120 valence electrons. The zero-order valence-corrected chi connectivity index (χ0v) is 13.6. The van der Waals surface area contributed by atoms with E-state index in [0.29, 0.717) is 28.7 Å². The number of hydrogen-bond acceptors (Lipinski definition) is 5. The molecule has 0 saturated carbocycles. The molecule has 1 aromatic heterocycles. The van der Waals surface area contributed by atoms with E-state index in [0.717, 1.165) is 10.9 Å². The highest BCUT2D eigenvalue weighted by molar-refractivity contribution is 5.88. The van der Waals surface area contributed by atoms with Crippen LogP contribution in [0, 0.1) is 0 Å². The number of ether oxygens (including phenoxy) is 3. The summed E-state index contributed by atoms with van der Waals surface area (Å²) in [5.41, 5.74) is 7.15. The van der Waals surface area contributed by atoms with Crippen LogP contribution in [0.1, 0.15) is 0 Å². The first-order valence-electron chi connectivity index (χ1n) is 6.75. The average molecular weight is 333 g/mol. The molecular formula is C17H17ClN2O3. The topological polar surface area (TPSA) is 66.6 Å². The maximum atomic E-state index is 5.93. The Labute approximate surface area is 140 Å². The molecule has 2 aromatic carbocycles. The van der Waals surface area contributed by atoms with E-state index in [1.165, 1.54) is 0 Å². The van der Waals surface area contributed by atoms with Crippen molar-refractivity contribution in [3.05, 3.63) is 48.7 Å². The summed E-state index contributed by atoms with van der Waals surface area (Å²) in [7, 11) is 3.19. The summed E-state index contributed by atoms with van der Waals surface area (Å²) < 4.78 is 16.6. The number of nitrogens with zero attached hydrogens (tertiary/aromatic N) is 1. The molecule has 0 saturated heterocycles. The van der Waals surface area contributed by atoms with Crippen molar-refractivity contribution in [1.29, 1.82) is 0 Å². The van der Waals surface area contributed by atoms with Gasteiger partial charge >= 0.3 is 0 Å². The summed E-state index contributed by atoms with van der Waals surface area (Å²) in [6.07, 6.45) is 1.70. The lowest BCUT2D eigenvalue weighted by atomic mass is 10.2. The number of anilines is 1. The first kappa shape index (κ1) is 16.7. The third-order valence-corrected chi connectivity index (χ3v) is 3.31. The number of benzene rings is 2. The van der Waals surface area contributed by atoms with Gasteiger partial charge in [-0.15, -0.1) is 12.4 Å². The summed E-state index contributed by atoms with van der Waals surface area (Å²) in [6.45, 7) is 0. The third kappa shape index (κ3) is 3.40. The van der Waals surface area contributed by atoms with E-state index in [4.69, 9.17) is 19.9 Å². The van der Waals surface area contributed by atoms with Gasteiger partial charge in [0.2, 0.25) is 0 Å². The smallest absolute Gasteiger partial charge is 0.162 e. The van der Waals surface area contributed by atoms with Gasteiger partial charge in [-0.3, -0.25) is 4.98 Å². The average Bonchev–Trinajstić information content (AvgIpc) is 2.56. The van der Waals surface area contributed by atoms with Crippen LogP contribution in [0.2, 0.25) is 0 Å². The summed E-state index contributed by atoms with van der Waals surface area (Å²) in [5.74, 6) is 2.66. The number of methoxy groups -OCH3 is 2. The predicted octanol–water partition coefficient (Wildman–Crippen LogP) is 4.05. The van der Waals surface area contributed by atoms with E-state index >= 15 is 0 Å². The molecule has 0 radical (unpaired) electrons. The van der Waals surface area contributed by atoms with Gasteiger partial charge in [0.15, 0.2) is 11.5 Å². The molecule has 2 N–H and O–H groups in total. The van der Waals surface area contributed by atoms with Crippen LogP contribution in [0.5, 0.6) is 23.0 Å². The van der Waals surface area contributed by atoms with Crippen LogP contribution in [0.25, 0.3) is 10.9 Å². The molecule has 6 heteroatoms. The molecule has 5 nitrogen and oxygen atoms in total. The summed E-state index contributed by atoms with van der Waals surface area (Å²) >= 11 is 0. The van der Waals surface area contributed by atoms with Crippen LogP contribution in [0.3, 0.4) is 0 Å². The number of nitrogens with two attached hydrogens (primary N) is 1. The first-order chi connectivity index (χ1) is 10.7. The van der Waals surface area contributed by atoms with E-state index in [2.05, 4.69) is 4.98 Å². The van der Waals surface area contributed by atoms with Gasteiger partial charge in [-0.25, -0.2) is 0 Å². The third-order valence-electron chi connectivity index (χ3n) is 3.31. The van der Waals surface area contributed by atoms with Crippen molar-refractivity contribution in [3.8, 4) is 23.0 Å². The fourth-order valence-corrected chi connectivity index (χ4v) is 2.20. The molecule has 0 aliphatic heterocycles. The maximum absolute atomic E-state index is 5.93. The van der Waals surface area contributed by atoms with Gasteiger partial charge < -0.3 is 19.9 Å². The molecule has 0 bridgehead atoms. The predicted molar refractivity (Wildman–Crippen MR) is 93.0 cm³/mol. The number of pyridine rings is 1. The highest BCUT2D eigenvalue weighted by Crippen LogP contribution is 2.36. The van der Waals surface area contributed by atoms with Gasteiger partial charge in [-0.2, -0.15) is 0 Å². The Kier molecular flexibility index (Phi) is 5.13. The minimum Gasteiger partial charge on any atom is -0.493 e. The molecule has 0 amide bonds. The zero-order valence-electron chi connectivity index (χ0n) is 12.8. The summed E-state index contributed by atoms with van der Waals surface area (Å²) in [6, 6.07) is 12.7. The fourth-order valence-electron chi connectivity index (χ4n) is 2.20. The van der Waals surface area contributed by atoms with Gasteiger partial charge in [0.1, 0.15) is 11.5 Å². The molecule has 0 aliphatic rings. The lowest BCUT2D eigenvalue weighted by Gasteiger charge is -2.12. The standard InChI is InChI=1S/C17H16N2O3.ClH/c1-20-16-9-13-14(10-17(16)21-2)19-8-7-15(13)22-12-5-3-11(18)4-6-12;/h3-10H,18H2,1-2H3;1H. The number of rotatable bonds is 4. The Bertz CT molecular complexity index is 807. The monoisotopic (exact) mass is 332 g/mol. The quantitative estimate of drug-likeness (QED) is 0.730. The lowest BCUT2D eigenvalue weighted by molar-refractivity contribution is 0.355.